The van der Waals surface area contributed by atoms with Crippen LogP contribution >= 0.6 is 23.2 Å². The van der Waals surface area contributed by atoms with Gasteiger partial charge in [0.05, 0.1) is 31.4 Å². The molecule has 2 amide bonds. The van der Waals surface area contributed by atoms with E-state index in [0.29, 0.717) is 40.3 Å². The lowest BCUT2D eigenvalue weighted by Gasteiger charge is -2.32. The summed E-state index contributed by atoms with van der Waals surface area (Å²) >= 11 is 12.5. The van der Waals surface area contributed by atoms with Crippen molar-refractivity contribution in [1.82, 2.24) is 10.2 Å². The molecule has 3 rings (SSSR count). The highest BCUT2D eigenvalue weighted by Gasteiger charge is 2.33. The smallest absolute Gasteiger partial charge is 0.264 e. The van der Waals surface area contributed by atoms with Crippen LogP contribution in [0, 0.1) is 0 Å². The summed E-state index contributed by atoms with van der Waals surface area (Å²) in [5.74, 6) is 0.0729. The molecule has 0 aromatic heterocycles. The van der Waals surface area contributed by atoms with Gasteiger partial charge in [-0.05, 0) is 74.4 Å². The van der Waals surface area contributed by atoms with Crippen molar-refractivity contribution in [1.29, 1.82) is 0 Å². The number of hydrogen-bond donors (Lipinski definition) is 1. The summed E-state index contributed by atoms with van der Waals surface area (Å²) < 4.78 is 45.6. The Hall–Kier alpha value is -3.67. The summed E-state index contributed by atoms with van der Waals surface area (Å²) in [7, 11) is -1.51. The second kappa shape index (κ2) is 16.6. The van der Waals surface area contributed by atoms with Crippen LogP contribution in [0.25, 0.3) is 0 Å². The van der Waals surface area contributed by atoms with E-state index in [9.17, 15) is 18.0 Å². The summed E-state index contributed by atoms with van der Waals surface area (Å²) in [5, 5.41) is 3.57. The van der Waals surface area contributed by atoms with Gasteiger partial charge in [-0.25, -0.2) is 8.42 Å². The van der Waals surface area contributed by atoms with Gasteiger partial charge in [-0.15, -0.1) is 0 Å². The molecule has 0 saturated carbocycles. The van der Waals surface area contributed by atoms with E-state index in [0.717, 1.165) is 17.1 Å². The molecule has 0 unspecified atom stereocenters. The molecular formula is C32H39Cl2N3O7S. The number of nitrogens with one attached hydrogen (secondary N) is 1. The van der Waals surface area contributed by atoms with Gasteiger partial charge in [0.15, 0.2) is 11.5 Å². The molecule has 244 valence electrons. The highest BCUT2D eigenvalue weighted by Crippen LogP contribution is 2.33. The van der Waals surface area contributed by atoms with E-state index < -0.39 is 28.5 Å². The standard InChI is InChI=1S/C32H39Cl2N3O7S/c1-6-8-17-35-32(39)22(3)36(20-23-9-10-24(33)18-28(23)34)31(38)21-37(25-11-13-26(14-12-25)44-7-2)45(40,41)27-15-16-29(42-4)30(19-27)43-5/h9-16,18-19,22H,6-8,17,20-21H2,1-5H3,(H,35,39)/t22-/m1/s1. The molecule has 0 aliphatic heterocycles. The number of methoxy groups -OCH3 is 2. The number of hydrogen-bond acceptors (Lipinski definition) is 7. The Labute approximate surface area is 275 Å². The number of carbonyl (C=O) groups excluding carboxylic acids is 2. The number of sulfonamides is 1. The number of rotatable bonds is 16. The Morgan fingerprint density at radius 3 is 2.22 bits per heavy atom. The molecule has 0 fully saturated rings. The molecular weight excluding hydrogens is 641 g/mol. The first kappa shape index (κ1) is 35.8. The van der Waals surface area contributed by atoms with Gasteiger partial charge < -0.3 is 24.4 Å². The molecule has 0 saturated heterocycles. The fraction of sp³-hybridized carbons (Fsp3) is 0.375. The van der Waals surface area contributed by atoms with Crippen molar-refractivity contribution < 1.29 is 32.2 Å². The first-order valence-corrected chi connectivity index (χ1v) is 16.6. The monoisotopic (exact) mass is 679 g/mol. The van der Waals surface area contributed by atoms with E-state index in [4.69, 9.17) is 37.4 Å². The Balaban J connectivity index is 2.08. The second-order valence-corrected chi connectivity index (χ2v) is 12.7. The SMILES string of the molecule is CCCCNC(=O)[C@@H](C)N(Cc1ccc(Cl)cc1Cl)C(=O)CN(c1ccc(OCC)cc1)S(=O)(=O)c1ccc(OC)c(OC)c1. The first-order chi connectivity index (χ1) is 21.5. The lowest BCUT2D eigenvalue weighted by atomic mass is 10.1. The Morgan fingerprint density at radius 1 is 0.933 bits per heavy atom. The average molecular weight is 681 g/mol. The number of amides is 2. The predicted molar refractivity (Wildman–Crippen MR) is 176 cm³/mol. The number of anilines is 1. The molecule has 10 nitrogen and oxygen atoms in total. The highest BCUT2D eigenvalue weighted by atomic mass is 35.5. The number of halogens is 2. The van der Waals surface area contributed by atoms with Gasteiger partial charge in [-0.1, -0.05) is 42.6 Å². The van der Waals surface area contributed by atoms with Crippen LogP contribution in [0.3, 0.4) is 0 Å². The minimum Gasteiger partial charge on any atom is -0.494 e. The van der Waals surface area contributed by atoms with Crippen LogP contribution in [0.1, 0.15) is 39.2 Å². The molecule has 3 aromatic carbocycles. The Kier molecular flexibility index (Phi) is 13.2. The van der Waals surface area contributed by atoms with Crippen LogP contribution in [0.4, 0.5) is 5.69 Å². The van der Waals surface area contributed by atoms with Crippen LogP contribution in [0.5, 0.6) is 17.2 Å². The average Bonchev–Trinajstić information content (AvgIpc) is 3.03. The molecule has 0 aliphatic rings. The molecule has 0 bridgehead atoms. The van der Waals surface area contributed by atoms with E-state index in [1.165, 1.54) is 37.3 Å². The first-order valence-electron chi connectivity index (χ1n) is 14.4. The largest absolute Gasteiger partial charge is 0.494 e. The minimum absolute atomic E-state index is 0.0648. The van der Waals surface area contributed by atoms with E-state index in [1.807, 2.05) is 13.8 Å². The number of unbranched alkanes of at least 4 members (excludes halogenated alkanes) is 1. The third-order valence-corrected chi connectivity index (χ3v) is 9.37. The van der Waals surface area contributed by atoms with Crippen LogP contribution in [-0.2, 0) is 26.2 Å². The van der Waals surface area contributed by atoms with Crippen molar-refractivity contribution in [3.8, 4) is 17.2 Å². The van der Waals surface area contributed by atoms with Crippen LogP contribution in [-0.4, -0.2) is 65.1 Å². The van der Waals surface area contributed by atoms with Crippen molar-refractivity contribution in [3.63, 3.8) is 0 Å². The zero-order chi connectivity index (χ0) is 33.1. The third kappa shape index (κ3) is 9.18. The zero-order valence-electron chi connectivity index (χ0n) is 26.0. The van der Waals surface area contributed by atoms with Gasteiger partial charge in [0.1, 0.15) is 18.3 Å². The molecule has 13 heteroatoms. The Bertz CT molecular complexity index is 1570. The van der Waals surface area contributed by atoms with E-state index >= 15 is 0 Å². The molecule has 0 spiro atoms. The van der Waals surface area contributed by atoms with Gasteiger partial charge in [-0.2, -0.15) is 0 Å². The van der Waals surface area contributed by atoms with E-state index in [-0.39, 0.29) is 28.8 Å². The maximum Gasteiger partial charge on any atom is 0.264 e. The van der Waals surface area contributed by atoms with Gasteiger partial charge >= 0.3 is 0 Å². The third-order valence-electron chi connectivity index (χ3n) is 7.01. The Morgan fingerprint density at radius 2 is 1.62 bits per heavy atom. The van der Waals surface area contributed by atoms with E-state index in [1.54, 1.807) is 49.4 Å². The summed E-state index contributed by atoms with van der Waals surface area (Å²) in [5.41, 5.74) is 0.754. The van der Waals surface area contributed by atoms with Crippen molar-refractivity contribution in [2.45, 2.75) is 51.1 Å². The van der Waals surface area contributed by atoms with Crippen molar-refractivity contribution in [2.75, 3.05) is 38.2 Å². The molecule has 0 radical (unpaired) electrons. The lowest BCUT2D eigenvalue weighted by Crippen LogP contribution is -2.51. The fourth-order valence-corrected chi connectivity index (χ4v) is 6.36. The lowest BCUT2D eigenvalue weighted by molar-refractivity contribution is -0.139. The van der Waals surface area contributed by atoms with Gasteiger partial charge in [0.25, 0.3) is 10.0 Å². The molecule has 1 N–H and O–H groups in total. The summed E-state index contributed by atoms with van der Waals surface area (Å²) in [6, 6.07) is 14.4. The molecule has 45 heavy (non-hydrogen) atoms. The van der Waals surface area contributed by atoms with E-state index in [2.05, 4.69) is 5.32 Å². The summed E-state index contributed by atoms with van der Waals surface area (Å²) in [6.45, 7) is 5.60. The van der Waals surface area contributed by atoms with Crippen LogP contribution in [0.15, 0.2) is 65.6 Å². The number of ether oxygens (including phenoxy) is 3. The predicted octanol–water partition coefficient (Wildman–Crippen LogP) is 5.94. The second-order valence-electron chi connectivity index (χ2n) is 10.0. The highest BCUT2D eigenvalue weighted by molar-refractivity contribution is 7.92. The normalized spacial score (nSPS) is 11.8. The van der Waals surface area contributed by atoms with Crippen molar-refractivity contribution in [2.24, 2.45) is 0 Å². The van der Waals surface area contributed by atoms with Crippen LogP contribution < -0.4 is 23.8 Å². The maximum absolute atomic E-state index is 14.2. The minimum atomic E-state index is -4.35. The molecule has 0 aliphatic carbocycles. The molecule has 1 atom stereocenters. The van der Waals surface area contributed by atoms with Crippen LogP contribution in [0.2, 0.25) is 10.0 Å². The van der Waals surface area contributed by atoms with Gasteiger partial charge in [0.2, 0.25) is 11.8 Å². The van der Waals surface area contributed by atoms with Gasteiger partial charge in [0, 0.05) is 29.2 Å². The zero-order valence-corrected chi connectivity index (χ0v) is 28.3. The molecule has 3 aromatic rings. The fourth-order valence-electron chi connectivity index (χ4n) is 4.46. The maximum atomic E-state index is 14.2. The summed E-state index contributed by atoms with van der Waals surface area (Å²) in [4.78, 5) is 28.5. The number of nitrogens with zero attached hydrogens (tertiary/aromatic N) is 2. The van der Waals surface area contributed by atoms with Gasteiger partial charge in [-0.3, -0.25) is 13.9 Å². The quantitative estimate of drug-likeness (QED) is 0.186. The number of benzene rings is 3. The van der Waals surface area contributed by atoms with Crippen molar-refractivity contribution in [3.05, 3.63) is 76.3 Å². The topological polar surface area (TPSA) is 114 Å². The molecule has 0 heterocycles. The summed E-state index contributed by atoms with van der Waals surface area (Å²) in [6.07, 6.45) is 1.65. The number of carbonyl (C=O) groups is 2. The van der Waals surface area contributed by atoms with Crippen molar-refractivity contribution >= 4 is 50.7 Å².